The lowest BCUT2D eigenvalue weighted by molar-refractivity contribution is -0.0195. The molecule has 23 heavy (non-hydrogen) atoms. The first-order chi connectivity index (χ1) is 10.4. The third kappa shape index (κ3) is 10.3. The summed E-state index contributed by atoms with van der Waals surface area (Å²) in [6.45, 7) is 3.44. The molecule has 0 fully saturated rings. The highest BCUT2D eigenvalue weighted by atomic mass is 32.2. The van der Waals surface area contributed by atoms with Crippen LogP contribution in [-0.4, -0.2) is 48.4 Å². The van der Waals surface area contributed by atoms with E-state index in [1.54, 1.807) is 13.8 Å². The van der Waals surface area contributed by atoms with Crippen LogP contribution in [0.5, 0.6) is 0 Å². The Morgan fingerprint density at radius 1 is 0.870 bits per heavy atom. The third-order valence-corrected chi connectivity index (χ3v) is 3.71. The molecule has 4 N–H and O–H groups in total. The summed E-state index contributed by atoms with van der Waals surface area (Å²) in [5.74, 6) is -1.56. The predicted molar refractivity (Wildman–Crippen MR) is 83.0 cm³/mol. The zero-order valence-corrected chi connectivity index (χ0v) is 14.4. The second-order valence-electron chi connectivity index (χ2n) is 4.81. The molecule has 2 unspecified atom stereocenters. The Morgan fingerprint density at radius 3 is 1.39 bits per heavy atom. The molecule has 11 heteroatoms. The van der Waals surface area contributed by atoms with Crippen molar-refractivity contribution in [2.24, 2.45) is 0 Å². The van der Waals surface area contributed by atoms with Crippen molar-refractivity contribution >= 4 is 20.2 Å². The van der Waals surface area contributed by atoms with Gasteiger partial charge in [0.25, 0.3) is 20.2 Å². The van der Waals surface area contributed by atoms with Crippen molar-refractivity contribution in [3.8, 4) is 0 Å². The van der Waals surface area contributed by atoms with Crippen molar-refractivity contribution in [1.29, 1.82) is 0 Å². The zero-order chi connectivity index (χ0) is 18.3. The minimum absolute atomic E-state index is 0.150. The van der Waals surface area contributed by atoms with Crippen LogP contribution < -0.4 is 0 Å². The number of hydrogen-bond acceptors (Lipinski definition) is 7. The quantitative estimate of drug-likeness (QED) is 0.331. The van der Waals surface area contributed by atoms with Crippen LogP contribution in [0.25, 0.3) is 0 Å². The topological polar surface area (TPSA) is 158 Å². The van der Waals surface area contributed by atoms with Crippen molar-refractivity contribution in [3.05, 3.63) is 22.3 Å². The van der Waals surface area contributed by atoms with Gasteiger partial charge in [-0.1, -0.05) is 26.7 Å². The Bertz CT molecular complexity index is 575. The zero-order valence-electron chi connectivity index (χ0n) is 12.8. The van der Waals surface area contributed by atoms with Gasteiger partial charge in [0.15, 0.2) is 0 Å². The normalized spacial score (nSPS) is 17.0. The monoisotopic (exact) mass is 374 g/mol. The predicted octanol–water partition coefficient (Wildman–Crippen LogP) is 1.91. The Labute approximate surface area is 135 Å². The average Bonchev–Trinajstić information content (AvgIpc) is 2.33. The van der Waals surface area contributed by atoms with Crippen LogP contribution in [0, 0.1) is 0 Å². The van der Waals surface area contributed by atoms with Crippen molar-refractivity contribution in [2.45, 2.75) is 51.7 Å². The number of aliphatic hydroxyl groups excluding tert-OH is 2. The SMILES string of the molecule is CCCC(OC(CCC)C(O)=CS(=O)(=O)O)C(O)=CS(=O)(=O)O. The second-order valence-corrected chi connectivity index (χ2v) is 7.34. The van der Waals surface area contributed by atoms with Gasteiger partial charge in [-0.2, -0.15) is 16.8 Å². The molecule has 0 spiro atoms. The van der Waals surface area contributed by atoms with Gasteiger partial charge in [-0.3, -0.25) is 9.11 Å². The summed E-state index contributed by atoms with van der Waals surface area (Å²) >= 11 is 0. The molecule has 0 aliphatic carbocycles. The van der Waals surface area contributed by atoms with Crippen LogP contribution in [0.2, 0.25) is 0 Å². The van der Waals surface area contributed by atoms with E-state index in [0.29, 0.717) is 12.8 Å². The highest BCUT2D eigenvalue weighted by molar-refractivity contribution is 7.89. The van der Waals surface area contributed by atoms with Crippen molar-refractivity contribution in [1.82, 2.24) is 0 Å². The van der Waals surface area contributed by atoms with E-state index in [2.05, 4.69) is 0 Å². The van der Waals surface area contributed by atoms with Crippen LogP contribution in [0.3, 0.4) is 0 Å². The molecule has 0 aliphatic rings. The minimum Gasteiger partial charge on any atom is -0.509 e. The number of aliphatic hydroxyl groups is 2. The van der Waals surface area contributed by atoms with Gasteiger partial charge in [0, 0.05) is 0 Å². The fourth-order valence-corrected chi connectivity index (χ4v) is 2.66. The van der Waals surface area contributed by atoms with Gasteiger partial charge in [-0.15, -0.1) is 0 Å². The summed E-state index contributed by atoms with van der Waals surface area (Å²) in [4.78, 5) is 0. The van der Waals surface area contributed by atoms with Crippen LogP contribution in [0.15, 0.2) is 22.3 Å². The third-order valence-electron chi connectivity index (χ3n) is 2.63. The maximum absolute atomic E-state index is 10.8. The Morgan fingerprint density at radius 2 is 1.17 bits per heavy atom. The molecular formula is C12H22O9S2. The van der Waals surface area contributed by atoms with Crippen LogP contribution in [0.1, 0.15) is 39.5 Å². The lowest BCUT2D eigenvalue weighted by Gasteiger charge is -2.23. The number of ether oxygens (including phenoxy) is 1. The summed E-state index contributed by atoms with van der Waals surface area (Å²) in [7, 11) is -9.18. The summed E-state index contributed by atoms with van der Waals surface area (Å²) in [5.41, 5.74) is 0. The van der Waals surface area contributed by atoms with E-state index in [1.807, 2.05) is 0 Å². The van der Waals surface area contributed by atoms with Gasteiger partial charge in [0.1, 0.15) is 23.7 Å². The van der Waals surface area contributed by atoms with Crippen molar-refractivity contribution in [3.63, 3.8) is 0 Å². The molecule has 0 saturated heterocycles. The van der Waals surface area contributed by atoms with Crippen molar-refractivity contribution < 1.29 is 40.9 Å². The largest absolute Gasteiger partial charge is 0.509 e. The highest BCUT2D eigenvalue weighted by Gasteiger charge is 2.24. The van der Waals surface area contributed by atoms with E-state index < -0.39 is 44.0 Å². The lowest BCUT2D eigenvalue weighted by Crippen LogP contribution is -2.26. The standard InChI is InChI=1S/C12H22O9S2/c1-3-5-11(9(13)7-22(15,16)17)21-12(6-4-2)10(14)8-23(18,19)20/h7-8,11-14H,3-6H2,1-2H3,(H,15,16,17)(H,18,19,20). The van der Waals surface area contributed by atoms with Gasteiger partial charge in [0.2, 0.25) is 0 Å². The Kier molecular flexibility index (Phi) is 8.77. The van der Waals surface area contributed by atoms with Gasteiger partial charge < -0.3 is 14.9 Å². The Balaban J connectivity index is 5.49. The number of rotatable bonds is 10. The lowest BCUT2D eigenvalue weighted by atomic mass is 10.1. The van der Waals surface area contributed by atoms with E-state index in [9.17, 15) is 27.0 Å². The van der Waals surface area contributed by atoms with Gasteiger partial charge in [-0.05, 0) is 12.8 Å². The summed E-state index contributed by atoms with van der Waals surface area (Å²) in [5, 5.41) is 19.9. The van der Waals surface area contributed by atoms with Crippen molar-refractivity contribution in [2.75, 3.05) is 0 Å². The average molecular weight is 374 g/mol. The first-order valence-electron chi connectivity index (χ1n) is 6.81. The smallest absolute Gasteiger partial charge is 0.291 e. The minimum atomic E-state index is -4.59. The first kappa shape index (κ1) is 21.9. The van der Waals surface area contributed by atoms with E-state index in [-0.39, 0.29) is 23.7 Å². The molecule has 9 nitrogen and oxygen atoms in total. The first-order valence-corrected chi connectivity index (χ1v) is 9.81. The maximum atomic E-state index is 10.8. The van der Waals surface area contributed by atoms with Gasteiger partial charge >= 0.3 is 0 Å². The van der Waals surface area contributed by atoms with E-state index in [4.69, 9.17) is 13.8 Å². The molecule has 0 aromatic rings. The molecule has 136 valence electrons. The van der Waals surface area contributed by atoms with E-state index in [0.717, 1.165) is 0 Å². The second kappa shape index (κ2) is 9.23. The molecule has 0 aliphatic heterocycles. The molecule has 0 heterocycles. The maximum Gasteiger partial charge on any atom is 0.291 e. The van der Waals surface area contributed by atoms with Crippen LogP contribution in [-0.2, 0) is 25.0 Å². The van der Waals surface area contributed by atoms with E-state index in [1.165, 1.54) is 0 Å². The fourth-order valence-electron chi connectivity index (χ4n) is 1.75. The molecule has 0 aromatic heterocycles. The number of hydrogen-bond donors (Lipinski definition) is 4. The van der Waals surface area contributed by atoms with Crippen LogP contribution in [0.4, 0.5) is 0 Å². The van der Waals surface area contributed by atoms with E-state index >= 15 is 0 Å². The summed E-state index contributed by atoms with van der Waals surface area (Å²) in [6.07, 6.45) is -1.13. The van der Waals surface area contributed by atoms with Gasteiger partial charge in [0.05, 0.1) is 10.8 Å². The molecule has 0 aromatic carbocycles. The molecule has 0 rings (SSSR count). The fraction of sp³-hybridized carbons (Fsp3) is 0.667. The molecular weight excluding hydrogens is 352 g/mol. The molecule has 0 radical (unpaired) electrons. The highest BCUT2D eigenvalue weighted by Crippen LogP contribution is 2.20. The molecule has 2 atom stereocenters. The summed E-state index contributed by atoms with van der Waals surface area (Å²) < 4.78 is 65.9. The van der Waals surface area contributed by atoms with Crippen LogP contribution >= 0.6 is 0 Å². The molecule has 0 amide bonds. The Hall–Kier alpha value is -1.14. The summed E-state index contributed by atoms with van der Waals surface area (Å²) in [6, 6.07) is 0. The molecule has 0 bridgehead atoms. The molecule has 0 saturated carbocycles. The van der Waals surface area contributed by atoms with Gasteiger partial charge in [-0.25, -0.2) is 0 Å².